The highest BCUT2D eigenvalue weighted by Crippen LogP contribution is 2.24. The maximum Gasteiger partial charge on any atom is 0.419 e. The monoisotopic (exact) mass is 454 g/mol. The smallest absolute Gasteiger partial charge is 0.419 e. The first-order valence-corrected chi connectivity index (χ1v) is 9.05. The molecule has 1 aliphatic rings. The fraction of sp³-hybridized carbons (Fsp3) is 0.333. The van der Waals surface area contributed by atoms with Crippen LogP contribution < -0.4 is 4.90 Å². The van der Waals surface area contributed by atoms with E-state index in [9.17, 15) is 9.59 Å². The van der Waals surface area contributed by atoms with Gasteiger partial charge in [-0.05, 0) is 43.0 Å². The third-order valence-corrected chi connectivity index (χ3v) is 4.71. The SMILES string of the molecule is O=C(OI)N1CCCC(CN(C(=O)c2ccco2)c2ccccc2)C1. The number of likely N-dealkylation sites (tertiary alicyclic amines) is 1. The summed E-state index contributed by atoms with van der Waals surface area (Å²) in [5, 5.41) is 0. The average molecular weight is 454 g/mol. The maximum absolute atomic E-state index is 12.9. The number of nitrogens with zero attached hydrogens (tertiary/aromatic N) is 2. The molecule has 1 saturated heterocycles. The first-order valence-electron chi connectivity index (χ1n) is 8.17. The summed E-state index contributed by atoms with van der Waals surface area (Å²) in [6, 6.07) is 12.9. The molecule has 3 rings (SSSR count). The van der Waals surface area contributed by atoms with Gasteiger partial charge in [-0.3, -0.25) is 4.79 Å². The Hall–Kier alpha value is -2.03. The van der Waals surface area contributed by atoms with Crippen LogP contribution in [0, 0.1) is 5.92 Å². The van der Waals surface area contributed by atoms with Crippen LogP contribution in [0.25, 0.3) is 0 Å². The lowest BCUT2D eigenvalue weighted by molar-refractivity contribution is 0.0947. The van der Waals surface area contributed by atoms with Gasteiger partial charge in [-0.2, -0.15) is 0 Å². The molecule has 1 aromatic heterocycles. The van der Waals surface area contributed by atoms with E-state index in [1.54, 1.807) is 44.9 Å². The van der Waals surface area contributed by atoms with Gasteiger partial charge in [-0.15, -0.1) is 0 Å². The van der Waals surface area contributed by atoms with E-state index in [1.807, 2.05) is 30.3 Å². The molecule has 1 fully saturated rings. The van der Waals surface area contributed by atoms with Crippen LogP contribution in [-0.2, 0) is 3.07 Å². The van der Waals surface area contributed by atoms with E-state index in [4.69, 9.17) is 7.48 Å². The van der Waals surface area contributed by atoms with Crippen molar-refractivity contribution in [3.63, 3.8) is 0 Å². The standard InChI is InChI=1S/C18H19IN2O4/c19-25-18(23)20-10-4-6-14(12-20)13-21(15-7-2-1-3-8-15)17(22)16-9-5-11-24-16/h1-3,5,7-9,11,14H,4,6,10,12-13H2. The van der Waals surface area contributed by atoms with E-state index in [0.717, 1.165) is 18.5 Å². The minimum Gasteiger partial charge on any atom is -0.459 e. The lowest BCUT2D eigenvalue weighted by atomic mass is 9.97. The molecule has 0 saturated carbocycles. The molecule has 0 aliphatic carbocycles. The van der Waals surface area contributed by atoms with Gasteiger partial charge >= 0.3 is 6.09 Å². The Labute approximate surface area is 160 Å². The van der Waals surface area contributed by atoms with Crippen LogP contribution in [-0.4, -0.2) is 36.5 Å². The number of furan rings is 1. The summed E-state index contributed by atoms with van der Waals surface area (Å²) in [7, 11) is 0. The molecule has 132 valence electrons. The Balaban J connectivity index is 1.78. The minimum atomic E-state index is -0.325. The Morgan fingerprint density at radius 1 is 1.24 bits per heavy atom. The number of benzene rings is 1. The summed E-state index contributed by atoms with van der Waals surface area (Å²) in [5.74, 6) is 0.316. The summed E-state index contributed by atoms with van der Waals surface area (Å²) < 4.78 is 10.1. The first kappa shape index (κ1) is 17.8. The van der Waals surface area contributed by atoms with Gasteiger partial charge in [0.15, 0.2) is 28.8 Å². The zero-order valence-corrected chi connectivity index (χ0v) is 15.8. The molecule has 2 aromatic rings. The van der Waals surface area contributed by atoms with E-state index in [2.05, 4.69) is 0 Å². The van der Waals surface area contributed by atoms with Crippen molar-refractivity contribution in [2.45, 2.75) is 12.8 Å². The predicted molar refractivity (Wildman–Crippen MR) is 102 cm³/mol. The molecule has 7 heteroatoms. The zero-order chi connectivity index (χ0) is 17.6. The van der Waals surface area contributed by atoms with Crippen molar-refractivity contribution in [2.24, 2.45) is 5.92 Å². The van der Waals surface area contributed by atoms with E-state index >= 15 is 0 Å². The van der Waals surface area contributed by atoms with E-state index in [1.165, 1.54) is 6.26 Å². The number of carbonyl (C=O) groups is 2. The van der Waals surface area contributed by atoms with Crippen LogP contribution in [0.1, 0.15) is 23.4 Å². The van der Waals surface area contributed by atoms with Gasteiger partial charge in [-0.25, -0.2) is 4.79 Å². The second-order valence-electron chi connectivity index (χ2n) is 6.03. The Morgan fingerprint density at radius 2 is 2.04 bits per heavy atom. The van der Waals surface area contributed by atoms with Crippen molar-refractivity contribution in [1.29, 1.82) is 0 Å². The summed E-state index contributed by atoms with van der Waals surface area (Å²) in [6.07, 6.45) is 3.03. The second kappa shape index (κ2) is 8.37. The number of carbonyl (C=O) groups excluding carboxylic acids is 2. The number of amides is 2. The third-order valence-electron chi connectivity index (χ3n) is 4.33. The van der Waals surface area contributed by atoms with Gasteiger partial charge in [0.1, 0.15) is 0 Å². The molecule has 1 unspecified atom stereocenters. The van der Waals surface area contributed by atoms with Crippen LogP contribution in [0.15, 0.2) is 53.1 Å². The number of anilines is 1. The lowest BCUT2D eigenvalue weighted by Gasteiger charge is -2.34. The Kier molecular flexibility index (Phi) is 5.95. The molecule has 0 radical (unpaired) electrons. The van der Waals surface area contributed by atoms with Crippen molar-refractivity contribution in [1.82, 2.24) is 4.90 Å². The average Bonchev–Trinajstić information content (AvgIpc) is 3.20. The molecule has 6 nitrogen and oxygen atoms in total. The molecule has 2 amide bonds. The van der Waals surface area contributed by atoms with E-state index in [0.29, 0.717) is 25.4 Å². The molecule has 1 aromatic carbocycles. The molecule has 1 aliphatic heterocycles. The van der Waals surface area contributed by atoms with Crippen LogP contribution in [0.5, 0.6) is 0 Å². The lowest BCUT2D eigenvalue weighted by Crippen LogP contribution is -2.44. The van der Waals surface area contributed by atoms with Crippen molar-refractivity contribution < 1.29 is 17.1 Å². The summed E-state index contributed by atoms with van der Waals surface area (Å²) >= 11 is 1.61. The fourth-order valence-electron chi connectivity index (χ4n) is 3.13. The highest BCUT2D eigenvalue weighted by Gasteiger charge is 2.29. The second-order valence-corrected chi connectivity index (χ2v) is 6.47. The normalized spacial score (nSPS) is 17.2. The van der Waals surface area contributed by atoms with Crippen molar-refractivity contribution in [2.75, 3.05) is 24.5 Å². The minimum absolute atomic E-state index is 0.176. The van der Waals surface area contributed by atoms with Gasteiger partial charge in [0.05, 0.1) is 6.26 Å². The number of hydrogen-bond acceptors (Lipinski definition) is 4. The number of para-hydroxylation sites is 1. The van der Waals surface area contributed by atoms with Gasteiger partial charge in [0.2, 0.25) is 0 Å². The van der Waals surface area contributed by atoms with Crippen molar-refractivity contribution in [3.05, 3.63) is 54.5 Å². The van der Waals surface area contributed by atoms with Crippen LogP contribution in [0.2, 0.25) is 0 Å². The summed E-state index contributed by atoms with van der Waals surface area (Å²) in [4.78, 5) is 28.1. The van der Waals surface area contributed by atoms with Crippen molar-refractivity contribution in [3.8, 4) is 0 Å². The molecule has 25 heavy (non-hydrogen) atoms. The first-order chi connectivity index (χ1) is 12.2. The summed E-state index contributed by atoms with van der Waals surface area (Å²) in [6.45, 7) is 1.79. The third kappa shape index (κ3) is 4.33. The number of halogens is 1. The maximum atomic E-state index is 12.9. The molecular formula is C18H19IN2O4. The molecule has 2 heterocycles. The van der Waals surface area contributed by atoms with E-state index < -0.39 is 0 Å². The van der Waals surface area contributed by atoms with E-state index in [-0.39, 0.29) is 17.9 Å². The number of rotatable bonds is 4. The van der Waals surface area contributed by atoms with Crippen LogP contribution in [0.3, 0.4) is 0 Å². The van der Waals surface area contributed by atoms with Crippen molar-refractivity contribution >= 4 is 40.7 Å². The number of piperidine rings is 1. The predicted octanol–water partition coefficient (Wildman–Crippen LogP) is 4.13. The van der Waals surface area contributed by atoms with Gasteiger partial charge in [0.25, 0.3) is 5.91 Å². The molecular weight excluding hydrogens is 435 g/mol. The van der Waals surface area contributed by atoms with Crippen LogP contribution >= 0.6 is 23.0 Å². The summed E-state index contributed by atoms with van der Waals surface area (Å²) in [5.41, 5.74) is 0.817. The van der Waals surface area contributed by atoms with Gasteiger partial charge < -0.3 is 17.3 Å². The van der Waals surface area contributed by atoms with Gasteiger partial charge in [-0.1, -0.05) is 18.2 Å². The Bertz CT molecular complexity index is 705. The number of hydrogen-bond donors (Lipinski definition) is 0. The molecule has 1 atom stereocenters. The van der Waals surface area contributed by atoms with Gasteiger partial charge in [0, 0.05) is 25.3 Å². The highest BCUT2D eigenvalue weighted by atomic mass is 127. The van der Waals surface area contributed by atoms with Crippen LogP contribution in [0.4, 0.5) is 10.5 Å². The fourth-order valence-corrected chi connectivity index (χ4v) is 3.41. The highest BCUT2D eigenvalue weighted by molar-refractivity contribution is 14.1. The molecule has 0 spiro atoms. The quantitative estimate of drug-likeness (QED) is 0.653. The molecule has 0 N–H and O–H groups in total. The molecule has 0 bridgehead atoms. The Morgan fingerprint density at radius 3 is 2.72 bits per heavy atom. The zero-order valence-electron chi connectivity index (χ0n) is 13.6. The topological polar surface area (TPSA) is 63.0 Å². The largest absolute Gasteiger partial charge is 0.459 e.